The topological polar surface area (TPSA) is 72.6 Å². The molecule has 0 aliphatic rings. The van der Waals surface area contributed by atoms with Gasteiger partial charge in [0.05, 0.1) is 18.3 Å². The van der Waals surface area contributed by atoms with Gasteiger partial charge in [-0.2, -0.15) is 0 Å². The highest BCUT2D eigenvalue weighted by atomic mass is 15.5. The first kappa shape index (κ1) is 16.4. The second-order valence-corrected chi connectivity index (χ2v) is 6.53. The van der Waals surface area contributed by atoms with Gasteiger partial charge in [0.15, 0.2) is 5.65 Å². The molecule has 0 bridgehead atoms. The summed E-state index contributed by atoms with van der Waals surface area (Å²) < 4.78 is 1.80. The molecular weight excluding hydrogens is 326 g/mol. The molecule has 1 aromatic carbocycles. The number of anilines is 1. The third-order valence-corrected chi connectivity index (χ3v) is 4.47. The largest absolute Gasteiger partial charge is 0.353 e. The van der Waals surface area contributed by atoms with Crippen LogP contribution in [0.2, 0.25) is 0 Å². The summed E-state index contributed by atoms with van der Waals surface area (Å²) in [6.45, 7) is 7.87. The number of fused-ring (bicyclic) bond motifs is 2. The maximum Gasteiger partial charge on any atom is 0.221 e. The Balaban J connectivity index is 1.71. The molecule has 4 rings (SSSR count). The maximum atomic E-state index is 4.78. The summed E-state index contributed by atoms with van der Waals surface area (Å²) in [5.74, 6) is 0.848. The Morgan fingerprint density at radius 2 is 2.04 bits per heavy atom. The molecule has 0 saturated heterocycles. The number of nitrogens with zero attached hydrogens (tertiary/aromatic N) is 7. The van der Waals surface area contributed by atoms with Crippen molar-refractivity contribution in [3.63, 3.8) is 0 Å². The van der Waals surface area contributed by atoms with E-state index in [9.17, 15) is 0 Å². The zero-order valence-corrected chi connectivity index (χ0v) is 15.2. The van der Waals surface area contributed by atoms with Gasteiger partial charge in [-0.15, -0.1) is 5.10 Å². The first-order valence-electron chi connectivity index (χ1n) is 8.82. The number of benzene rings is 1. The first-order chi connectivity index (χ1) is 12.7. The number of hydrogen-bond donors (Lipinski definition) is 0. The highest BCUT2D eigenvalue weighted by molar-refractivity contribution is 5.79. The lowest BCUT2D eigenvalue weighted by Crippen LogP contribution is -2.31. The van der Waals surface area contributed by atoms with Crippen molar-refractivity contribution in [3.05, 3.63) is 48.3 Å². The maximum absolute atomic E-state index is 4.78. The van der Waals surface area contributed by atoms with E-state index in [0.29, 0.717) is 23.9 Å². The Hall–Kier alpha value is -3.09. The van der Waals surface area contributed by atoms with Crippen LogP contribution in [0.3, 0.4) is 0 Å². The van der Waals surface area contributed by atoms with Crippen molar-refractivity contribution in [3.8, 4) is 0 Å². The lowest BCUT2D eigenvalue weighted by atomic mass is 10.1. The first-order valence-corrected chi connectivity index (χ1v) is 8.82. The van der Waals surface area contributed by atoms with Crippen LogP contribution >= 0.6 is 0 Å². The van der Waals surface area contributed by atoms with E-state index >= 15 is 0 Å². The molecule has 3 aromatic heterocycles. The quantitative estimate of drug-likeness (QED) is 0.552. The summed E-state index contributed by atoms with van der Waals surface area (Å²) in [6.07, 6.45) is 3.57. The molecule has 0 N–H and O–H groups in total. The Morgan fingerprint density at radius 3 is 2.85 bits per heavy atom. The van der Waals surface area contributed by atoms with Gasteiger partial charge in [0, 0.05) is 24.2 Å². The van der Waals surface area contributed by atoms with Crippen molar-refractivity contribution < 1.29 is 0 Å². The lowest BCUT2D eigenvalue weighted by Gasteiger charge is -2.25. The van der Waals surface area contributed by atoms with E-state index < -0.39 is 0 Å². The molecule has 0 amide bonds. The molecule has 0 saturated carbocycles. The van der Waals surface area contributed by atoms with Crippen molar-refractivity contribution >= 4 is 28.0 Å². The van der Waals surface area contributed by atoms with E-state index in [4.69, 9.17) is 4.98 Å². The molecule has 7 nitrogen and oxygen atoms in total. The predicted octanol–water partition coefficient (Wildman–Crippen LogP) is 3.05. The summed E-state index contributed by atoms with van der Waals surface area (Å²) in [4.78, 5) is 15.8. The highest BCUT2D eigenvalue weighted by Crippen LogP contribution is 2.18. The van der Waals surface area contributed by atoms with Crippen molar-refractivity contribution in [2.24, 2.45) is 0 Å². The van der Waals surface area contributed by atoms with Gasteiger partial charge >= 0.3 is 0 Å². The van der Waals surface area contributed by atoms with Crippen molar-refractivity contribution in [1.82, 2.24) is 29.9 Å². The van der Waals surface area contributed by atoms with Gasteiger partial charge in [-0.25, -0.2) is 14.6 Å². The van der Waals surface area contributed by atoms with Crippen LogP contribution in [-0.4, -0.2) is 42.5 Å². The van der Waals surface area contributed by atoms with Crippen LogP contribution in [0.15, 0.2) is 42.7 Å². The Morgan fingerprint density at radius 1 is 1.15 bits per heavy atom. The van der Waals surface area contributed by atoms with Crippen LogP contribution in [0.5, 0.6) is 0 Å². The van der Waals surface area contributed by atoms with E-state index in [2.05, 4.69) is 64.2 Å². The molecule has 0 fully saturated rings. The fourth-order valence-corrected chi connectivity index (χ4v) is 3.18. The standard InChI is InChI=1S/C19H21N7/c1-4-25(13(2)3)17-11-21-18-19(22-17)26(24-23-18)12-14-7-8-16-15(10-14)6-5-9-20-16/h5-11,13H,4,12H2,1-3H3. The average molecular weight is 347 g/mol. The van der Waals surface area contributed by atoms with Gasteiger partial charge in [-0.3, -0.25) is 4.98 Å². The summed E-state index contributed by atoms with van der Waals surface area (Å²) in [7, 11) is 0. The lowest BCUT2D eigenvalue weighted by molar-refractivity contribution is 0.660. The molecule has 0 aliphatic heterocycles. The van der Waals surface area contributed by atoms with Crippen LogP contribution < -0.4 is 4.90 Å². The second kappa shape index (κ2) is 6.67. The van der Waals surface area contributed by atoms with Crippen LogP contribution in [0, 0.1) is 0 Å². The summed E-state index contributed by atoms with van der Waals surface area (Å²) in [6, 6.07) is 10.6. The Bertz CT molecular complexity index is 1050. The molecule has 7 heteroatoms. The van der Waals surface area contributed by atoms with Gasteiger partial charge < -0.3 is 4.90 Å². The van der Waals surface area contributed by atoms with E-state index in [-0.39, 0.29) is 0 Å². The molecule has 0 radical (unpaired) electrons. The zero-order valence-electron chi connectivity index (χ0n) is 15.2. The number of hydrogen-bond acceptors (Lipinski definition) is 6. The van der Waals surface area contributed by atoms with Crippen LogP contribution in [0.4, 0.5) is 5.82 Å². The van der Waals surface area contributed by atoms with Gasteiger partial charge in [-0.05, 0) is 44.5 Å². The monoisotopic (exact) mass is 347 g/mol. The third kappa shape index (κ3) is 2.96. The normalized spacial score (nSPS) is 11.5. The average Bonchev–Trinajstić information content (AvgIpc) is 3.04. The minimum Gasteiger partial charge on any atom is -0.353 e. The van der Waals surface area contributed by atoms with Crippen molar-refractivity contribution in [2.45, 2.75) is 33.4 Å². The summed E-state index contributed by atoms with van der Waals surface area (Å²) in [5, 5.41) is 9.52. The molecule has 0 aliphatic carbocycles. The van der Waals surface area contributed by atoms with E-state index in [1.165, 1.54) is 0 Å². The number of aromatic nitrogens is 6. The molecule has 0 spiro atoms. The zero-order chi connectivity index (χ0) is 18.1. The smallest absolute Gasteiger partial charge is 0.221 e. The second-order valence-electron chi connectivity index (χ2n) is 6.53. The SMILES string of the molecule is CCN(c1cnc2nnn(Cc3ccc4ncccc4c3)c2n1)C(C)C. The van der Waals surface area contributed by atoms with Gasteiger partial charge in [0.2, 0.25) is 5.65 Å². The van der Waals surface area contributed by atoms with Crippen molar-refractivity contribution in [2.75, 3.05) is 11.4 Å². The molecule has 132 valence electrons. The minimum absolute atomic E-state index is 0.351. The summed E-state index contributed by atoms with van der Waals surface area (Å²) in [5.41, 5.74) is 3.38. The van der Waals surface area contributed by atoms with Gasteiger partial charge in [0.1, 0.15) is 5.82 Å². The van der Waals surface area contributed by atoms with E-state index in [0.717, 1.165) is 28.8 Å². The van der Waals surface area contributed by atoms with E-state index in [1.54, 1.807) is 17.1 Å². The molecule has 3 heterocycles. The van der Waals surface area contributed by atoms with E-state index in [1.807, 2.05) is 12.1 Å². The van der Waals surface area contributed by atoms with Crippen LogP contribution in [0.1, 0.15) is 26.3 Å². The number of rotatable bonds is 5. The predicted molar refractivity (Wildman–Crippen MR) is 102 cm³/mol. The van der Waals surface area contributed by atoms with Crippen LogP contribution in [-0.2, 0) is 6.54 Å². The molecule has 0 unspecified atom stereocenters. The Labute approximate surface area is 151 Å². The fourth-order valence-electron chi connectivity index (χ4n) is 3.18. The molecule has 0 atom stereocenters. The van der Waals surface area contributed by atoms with Gasteiger partial charge in [0.25, 0.3) is 0 Å². The molecule has 4 aromatic rings. The Kier molecular flexibility index (Phi) is 4.20. The van der Waals surface area contributed by atoms with Crippen molar-refractivity contribution in [1.29, 1.82) is 0 Å². The van der Waals surface area contributed by atoms with Gasteiger partial charge in [-0.1, -0.05) is 17.3 Å². The minimum atomic E-state index is 0.351. The number of pyridine rings is 1. The highest BCUT2D eigenvalue weighted by Gasteiger charge is 2.14. The molecular formula is C19H21N7. The third-order valence-electron chi connectivity index (χ3n) is 4.47. The summed E-state index contributed by atoms with van der Waals surface area (Å²) >= 11 is 0. The fraction of sp³-hybridized carbons (Fsp3) is 0.316. The molecule has 26 heavy (non-hydrogen) atoms. The van der Waals surface area contributed by atoms with Crippen LogP contribution in [0.25, 0.3) is 22.2 Å².